The van der Waals surface area contributed by atoms with Crippen LogP contribution in [-0.4, -0.2) is 47.8 Å². The summed E-state index contributed by atoms with van der Waals surface area (Å²) in [4.78, 5) is 4.60. The van der Waals surface area contributed by atoms with Crippen molar-refractivity contribution in [2.75, 3.05) is 42.1 Å². The zero-order chi connectivity index (χ0) is 24.9. The van der Waals surface area contributed by atoms with Crippen molar-refractivity contribution >= 4 is 17.4 Å². The maximum absolute atomic E-state index is 10.0. The molecule has 0 aliphatic rings. The van der Waals surface area contributed by atoms with E-state index in [9.17, 15) is 5.26 Å². The SMILES string of the molecule is C=CCCCCN=C(C#N)C(=Cc1ccc(OC)c(OC)c1OC)c1ccc(OC)c(OC)c1. The minimum Gasteiger partial charge on any atom is -0.493 e. The van der Waals surface area contributed by atoms with Gasteiger partial charge in [0.05, 0.1) is 35.5 Å². The third kappa shape index (κ3) is 6.32. The summed E-state index contributed by atoms with van der Waals surface area (Å²) in [5, 5.41) is 10.0. The highest BCUT2D eigenvalue weighted by Gasteiger charge is 2.18. The lowest BCUT2D eigenvalue weighted by Crippen LogP contribution is -2.03. The van der Waals surface area contributed by atoms with Gasteiger partial charge < -0.3 is 23.7 Å². The molecule has 0 heterocycles. The summed E-state index contributed by atoms with van der Waals surface area (Å²) in [6.07, 6.45) is 6.47. The van der Waals surface area contributed by atoms with Gasteiger partial charge in [-0.3, -0.25) is 4.99 Å². The Morgan fingerprint density at radius 3 is 2.15 bits per heavy atom. The first-order valence-electron chi connectivity index (χ1n) is 10.9. The Kier molecular flexibility index (Phi) is 10.5. The molecule has 2 aromatic carbocycles. The lowest BCUT2D eigenvalue weighted by atomic mass is 9.97. The smallest absolute Gasteiger partial charge is 0.203 e. The van der Waals surface area contributed by atoms with Crippen molar-refractivity contribution in [1.29, 1.82) is 5.26 Å². The molecule has 34 heavy (non-hydrogen) atoms. The van der Waals surface area contributed by atoms with Crippen molar-refractivity contribution in [3.05, 3.63) is 54.1 Å². The number of unbranched alkanes of at least 4 members (excludes halogenated alkanes) is 2. The van der Waals surface area contributed by atoms with Gasteiger partial charge in [0.1, 0.15) is 11.8 Å². The normalized spacial score (nSPS) is 11.4. The second-order valence-electron chi connectivity index (χ2n) is 7.18. The molecule has 0 unspecified atom stereocenters. The van der Waals surface area contributed by atoms with Crippen LogP contribution in [-0.2, 0) is 0 Å². The highest BCUT2D eigenvalue weighted by atomic mass is 16.5. The van der Waals surface area contributed by atoms with E-state index < -0.39 is 0 Å². The number of hydrogen-bond acceptors (Lipinski definition) is 7. The van der Waals surface area contributed by atoms with Crippen LogP contribution in [0.15, 0.2) is 48.0 Å². The standard InChI is InChI=1S/C27H32N2O5/c1-7-8-9-10-15-29-22(18-28)21(19-11-13-23(30-2)25(17-19)32-4)16-20-12-14-24(31-3)27(34-6)26(20)33-5/h7,11-14,16-17H,1,8-10,15H2,2-6H3. The Hall–Kier alpha value is -3.92. The third-order valence-corrected chi connectivity index (χ3v) is 5.18. The van der Waals surface area contributed by atoms with Crippen molar-refractivity contribution in [2.24, 2.45) is 4.99 Å². The fraction of sp³-hybridized carbons (Fsp3) is 0.333. The first kappa shape index (κ1) is 26.3. The predicted octanol–water partition coefficient (Wildman–Crippen LogP) is 5.59. The largest absolute Gasteiger partial charge is 0.493 e. The average molecular weight is 465 g/mol. The van der Waals surface area contributed by atoms with Gasteiger partial charge in [-0.1, -0.05) is 12.1 Å². The molecule has 0 spiro atoms. The molecule has 0 aromatic heterocycles. The van der Waals surface area contributed by atoms with Gasteiger partial charge in [-0.15, -0.1) is 6.58 Å². The Balaban J connectivity index is 2.69. The Bertz CT molecular complexity index is 1080. The highest BCUT2D eigenvalue weighted by molar-refractivity contribution is 6.34. The number of methoxy groups -OCH3 is 5. The summed E-state index contributed by atoms with van der Waals surface area (Å²) >= 11 is 0. The first-order chi connectivity index (χ1) is 16.6. The molecule has 2 rings (SSSR count). The van der Waals surface area contributed by atoms with E-state index in [4.69, 9.17) is 23.7 Å². The Labute approximate surface area is 201 Å². The van der Waals surface area contributed by atoms with Crippen LogP contribution in [0.5, 0.6) is 28.7 Å². The summed E-state index contributed by atoms with van der Waals surface area (Å²) in [6, 6.07) is 11.4. The molecule has 0 fully saturated rings. The van der Waals surface area contributed by atoms with Crippen LogP contribution in [0.1, 0.15) is 30.4 Å². The minimum atomic E-state index is 0.308. The number of nitriles is 1. The molecule has 0 radical (unpaired) electrons. The summed E-state index contributed by atoms with van der Waals surface area (Å²) in [5.41, 5.74) is 2.39. The van der Waals surface area contributed by atoms with Gasteiger partial charge in [0.25, 0.3) is 0 Å². The van der Waals surface area contributed by atoms with E-state index in [0.717, 1.165) is 24.8 Å². The van der Waals surface area contributed by atoms with E-state index in [2.05, 4.69) is 17.6 Å². The van der Waals surface area contributed by atoms with Gasteiger partial charge in [-0.05, 0) is 55.2 Å². The molecule has 0 atom stereocenters. The van der Waals surface area contributed by atoms with Gasteiger partial charge >= 0.3 is 0 Å². The van der Waals surface area contributed by atoms with Crippen molar-refractivity contribution in [1.82, 2.24) is 0 Å². The van der Waals surface area contributed by atoms with E-state index in [1.807, 2.05) is 30.4 Å². The molecule has 7 heteroatoms. The molecule has 2 aromatic rings. The second kappa shape index (κ2) is 13.6. The summed E-state index contributed by atoms with van der Waals surface area (Å²) in [6.45, 7) is 4.28. The number of nitrogens with zero attached hydrogens (tertiary/aromatic N) is 2. The van der Waals surface area contributed by atoms with Crippen molar-refractivity contribution in [3.8, 4) is 34.8 Å². The molecule has 0 aliphatic heterocycles. The molecule has 0 aliphatic carbocycles. The number of benzene rings is 2. The molecule has 7 nitrogen and oxygen atoms in total. The number of allylic oxidation sites excluding steroid dienone is 2. The van der Waals surface area contributed by atoms with Crippen LogP contribution in [0, 0.1) is 11.3 Å². The molecule has 0 bridgehead atoms. The van der Waals surface area contributed by atoms with E-state index in [1.165, 1.54) is 0 Å². The van der Waals surface area contributed by atoms with Gasteiger partial charge in [0.15, 0.2) is 23.0 Å². The Morgan fingerprint density at radius 1 is 0.882 bits per heavy atom. The van der Waals surface area contributed by atoms with Crippen molar-refractivity contribution < 1.29 is 23.7 Å². The first-order valence-corrected chi connectivity index (χ1v) is 10.9. The minimum absolute atomic E-state index is 0.308. The van der Waals surface area contributed by atoms with Crippen LogP contribution in [0.3, 0.4) is 0 Å². The number of rotatable bonds is 13. The highest BCUT2D eigenvalue weighted by Crippen LogP contribution is 2.41. The van der Waals surface area contributed by atoms with Crippen molar-refractivity contribution in [3.63, 3.8) is 0 Å². The Morgan fingerprint density at radius 2 is 1.56 bits per heavy atom. The van der Waals surface area contributed by atoms with Gasteiger partial charge in [-0.2, -0.15) is 5.26 Å². The quantitative estimate of drug-likeness (QED) is 0.166. The fourth-order valence-corrected chi connectivity index (χ4v) is 3.46. The number of aliphatic imine (C=N–C) groups is 1. The van der Waals surface area contributed by atoms with Crippen molar-refractivity contribution in [2.45, 2.75) is 19.3 Å². The summed E-state index contributed by atoms with van der Waals surface area (Å²) in [7, 11) is 7.82. The third-order valence-electron chi connectivity index (χ3n) is 5.18. The fourth-order valence-electron chi connectivity index (χ4n) is 3.46. The van der Waals surface area contributed by atoms with Gasteiger partial charge in [0, 0.05) is 17.7 Å². The topological polar surface area (TPSA) is 82.3 Å². The second-order valence-corrected chi connectivity index (χ2v) is 7.18. The monoisotopic (exact) mass is 464 g/mol. The molecular formula is C27H32N2O5. The van der Waals surface area contributed by atoms with Crippen LogP contribution in [0.25, 0.3) is 11.6 Å². The zero-order valence-electron chi connectivity index (χ0n) is 20.5. The lowest BCUT2D eigenvalue weighted by molar-refractivity contribution is 0.324. The molecule has 0 amide bonds. The van der Waals surface area contributed by atoms with E-state index in [0.29, 0.717) is 52.1 Å². The number of ether oxygens (including phenoxy) is 5. The van der Waals surface area contributed by atoms with Crippen LogP contribution >= 0.6 is 0 Å². The molecule has 0 saturated carbocycles. The van der Waals surface area contributed by atoms with Gasteiger partial charge in [-0.25, -0.2) is 0 Å². The van der Waals surface area contributed by atoms with E-state index in [1.54, 1.807) is 47.7 Å². The maximum atomic E-state index is 10.0. The summed E-state index contributed by atoms with van der Waals surface area (Å²) < 4.78 is 27.4. The van der Waals surface area contributed by atoms with Crippen LogP contribution in [0.2, 0.25) is 0 Å². The van der Waals surface area contributed by atoms with Crippen LogP contribution in [0.4, 0.5) is 0 Å². The summed E-state index contributed by atoms with van der Waals surface area (Å²) in [5.74, 6) is 2.64. The predicted molar refractivity (Wildman–Crippen MR) is 135 cm³/mol. The van der Waals surface area contributed by atoms with E-state index >= 15 is 0 Å². The lowest BCUT2D eigenvalue weighted by Gasteiger charge is -2.16. The number of hydrogen-bond donors (Lipinski definition) is 0. The molecule has 0 N–H and O–H groups in total. The average Bonchev–Trinajstić information content (AvgIpc) is 2.88. The molecular weight excluding hydrogens is 432 g/mol. The van der Waals surface area contributed by atoms with E-state index in [-0.39, 0.29) is 0 Å². The van der Waals surface area contributed by atoms with Crippen LogP contribution < -0.4 is 23.7 Å². The van der Waals surface area contributed by atoms with Gasteiger partial charge in [0.2, 0.25) is 5.75 Å². The molecule has 180 valence electrons. The zero-order valence-corrected chi connectivity index (χ0v) is 20.5. The maximum Gasteiger partial charge on any atom is 0.203 e. The molecule has 0 saturated heterocycles.